The fourth-order valence-corrected chi connectivity index (χ4v) is 7.60. The Kier molecular flexibility index (Phi) is 4.51. The molecule has 1 spiro atoms. The van der Waals surface area contributed by atoms with Crippen LogP contribution in [0.1, 0.15) is 47.6 Å². The fourth-order valence-electron chi connectivity index (χ4n) is 7.60. The van der Waals surface area contributed by atoms with Gasteiger partial charge in [0.1, 0.15) is 11.2 Å². The molecule has 0 N–H and O–H groups in total. The Labute approximate surface area is 239 Å². The molecule has 0 saturated heterocycles. The van der Waals surface area contributed by atoms with Gasteiger partial charge in [-0.25, -0.2) is 0 Å². The normalized spacial score (nSPS) is 14.0. The molecule has 1 heterocycles. The Hall–Kier alpha value is -4.88. The van der Waals surface area contributed by atoms with Crippen molar-refractivity contribution in [3.63, 3.8) is 0 Å². The number of hydrogen-bond donors (Lipinski definition) is 0. The van der Waals surface area contributed by atoms with Crippen LogP contribution in [0.4, 0.5) is 0 Å². The number of benzene rings is 6. The van der Waals surface area contributed by atoms with Gasteiger partial charge in [-0.1, -0.05) is 117 Å². The summed E-state index contributed by atoms with van der Waals surface area (Å²) < 4.78 is 6.28. The van der Waals surface area contributed by atoms with E-state index in [1.54, 1.807) is 0 Å². The molecule has 1 nitrogen and oxygen atoms in total. The van der Waals surface area contributed by atoms with E-state index in [-0.39, 0.29) is 5.41 Å². The SMILES string of the molecule is CC(C)c1ccc2c(c1)C1(c3ccccc3-c3ccccc31)c1cc(-c3ccc4c(c3)oc3ccccc34)ccc1-2. The summed E-state index contributed by atoms with van der Waals surface area (Å²) in [6, 6.07) is 47.3. The summed E-state index contributed by atoms with van der Waals surface area (Å²) in [6.45, 7) is 4.58. The van der Waals surface area contributed by atoms with Crippen LogP contribution in [0.5, 0.6) is 0 Å². The second-order valence-corrected chi connectivity index (χ2v) is 11.9. The van der Waals surface area contributed by atoms with Crippen LogP contribution in [0.25, 0.3) is 55.3 Å². The highest BCUT2D eigenvalue weighted by Crippen LogP contribution is 2.63. The average Bonchev–Trinajstić information content (AvgIpc) is 3.64. The van der Waals surface area contributed by atoms with Gasteiger partial charge in [-0.05, 0) is 91.4 Å². The van der Waals surface area contributed by atoms with Gasteiger partial charge in [0.15, 0.2) is 0 Å². The van der Waals surface area contributed by atoms with E-state index in [9.17, 15) is 0 Å². The van der Waals surface area contributed by atoms with E-state index in [0.29, 0.717) is 5.92 Å². The largest absolute Gasteiger partial charge is 0.456 e. The van der Waals surface area contributed by atoms with Crippen LogP contribution >= 0.6 is 0 Å². The van der Waals surface area contributed by atoms with Gasteiger partial charge in [0, 0.05) is 10.8 Å². The van der Waals surface area contributed by atoms with Crippen molar-refractivity contribution in [3.05, 3.63) is 155 Å². The van der Waals surface area contributed by atoms with Gasteiger partial charge < -0.3 is 4.42 Å². The minimum Gasteiger partial charge on any atom is -0.456 e. The molecule has 1 aromatic heterocycles. The lowest BCUT2D eigenvalue weighted by Gasteiger charge is -2.31. The Bertz CT molecular complexity index is 2150. The summed E-state index contributed by atoms with van der Waals surface area (Å²) in [7, 11) is 0. The molecule has 0 unspecified atom stereocenters. The van der Waals surface area contributed by atoms with Crippen molar-refractivity contribution < 1.29 is 4.42 Å². The lowest BCUT2D eigenvalue weighted by Crippen LogP contribution is -2.26. The van der Waals surface area contributed by atoms with Crippen molar-refractivity contribution in [1.82, 2.24) is 0 Å². The van der Waals surface area contributed by atoms with Crippen LogP contribution in [-0.2, 0) is 5.41 Å². The van der Waals surface area contributed by atoms with Crippen molar-refractivity contribution in [2.45, 2.75) is 25.2 Å². The molecule has 0 aliphatic heterocycles. The van der Waals surface area contributed by atoms with Gasteiger partial charge in [-0.15, -0.1) is 0 Å². The number of fused-ring (bicyclic) bond motifs is 13. The smallest absolute Gasteiger partial charge is 0.136 e. The molecule has 1 heteroatoms. The Morgan fingerprint density at radius 3 is 1.78 bits per heavy atom. The van der Waals surface area contributed by atoms with Gasteiger partial charge in [0.05, 0.1) is 5.41 Å². The van der Waals surface area contributed by atoms with Crippen LogP contribution in [0, 0.1) is 0 Å². The summed E-state index contributed by atoms with van der Waals surface area (Å²) in [5, 5.41) is 2.33. The van der Waals surface area contributed by atoms with E-state index in [4.69, 9.17) is 4.42 Å². The molecule has 9 rings (SSSR count). The van der Waals surface area contributed by atoms with Crippen LogP contribution in [0.2, 0.25) is 0 Å². The Morgan fingerprint density at radius 2 is 1.02 bits per heavy atom. The quantitative estimate of drug-likeness (QED) is 0.219. The minimum absolute atomic E-state index is 0.345. The van der Waals surface area contributed by atoms with Gasteiger partial charge in [-0.2, -0.15) is 0 Å². The number of hydrogen-bond acceptors (Lipinski definition) is 1. The summed E-state index contributed by atoms with van der Waals surface area (Å²) in [5.74, 6) is 0.457. The zero-order valence-electron chi connectivity index (χ0n) is 23.1. The Morgan fingerprint density at radius 1 is 0.463 bits per heavy atom. The van der Waals surface area contributed by atoms with Crippen molar-refractivity contribution in [2.24, 2.45) is 0 Å². The third kappa shape index (κ3) is 2.91. The highest BCUT2D eigenvalue weighted by Gasteiger charge is 2.51. The van der Waals surface area contributed by atoms with Crippen molar-refractivity contribution in [2.75, 3.05) is 0 Å². The maximum atomic E-state index is 6.28. The maximum Gasteiger partial charge on any atom is 0.136 e. The van der Waals surface area contributed by atoms with Gasteiger partial charge in [0.2, 0.25) is 0 Å². The first-order chi connectivity index (χ1) is 20.1. The van der Waals surface area contributed by atoms with Crippen LogP contribution in [-0.4, -0.2) is 0 Å². The minimum atomic E-state index is -0.345. The van der Waals surface area contributed by atoms with E-state index in [1.165, 1.54) is 61.2 Å². The average molecular weight is 525 g/mol. The van der Waals surface area contributed by atoms with Crippen LogP contribution in [0.15, 0.2) is 132 Å². The standard InChI is InChI=1S/C40H28O/c1-24(2)25-15-18-30-31-19-16-26(27-17-20-33-32-11-5-8-14-38(32)41-39(33)23-27)22-37(31)40(36(30)21-25)34-12-6-3-9-28(34)29-10-4-7-13-35(29)40/h3-24H,1-2H3. The van der Waals surface area contributed by atoms with Gasteiger partial charge in [0.25, 0.3) is 0 Å². The van der Waals surface area contributed by atoms with Crippen LogP contribution < -0.4 is 0 Å². The second-order valence-electron chi connectivity index (χ2n) is 11.9. The molecule has 2 aliphatic carbocycles. The molecule has 0 amide bonds. The monoisotopic (exact) mass is 524 g/mol. The molecule has 0 atom stereocenters. The molecule has 6 aromatic carbocycles. The van der Waals surface area contributed by atoms with Gasteiger partial charge >= 0.3 is 0 Å². The predicted molar refractivity (Wildman–Crippen MR) is 170 cm³/mol. The molecule has 0 saturated carbocycles. The van der Waals surface area contributed by atoms with Crippen LogP contribution in [0.3, 0.4) is 0 Å². The lowest BCUT2D eigenvalue weighted by molar-refractivity contribution is 0.669. The van der Waals surface area contributed by atoms with E-state index in [0.717, 1.165) is 21.9 Å². The van der Waals surface area contributed by atoms with Gasteiger partial charge in [-0.3, -0.25) is 0 Å². The topological polar surface area (TPSA) is 13.1 Å². The van der Waals surface area contributed by atoms with E-state index >= 15 is 0 Å². The predicted octanol–water partition coefficient (Wildman–Crippen LogP) is 10.7. The highest BCUT2D eigenvalue weighted by molar-refractivity contribution is 6.06. The Balaban J connectivity index is 1.34. The molecule has 2 aliphatic rings. The summed E-state index contributed by atoms with van der Waals surface area (Å²) >= 11 is 0. The van der Waals surface area contributed by atoms with E-state index in [1.807, 2.05) is 12.1 Å². The summed E-state index contributed by atoms with van der Waals surface area (Å²) in [4.78, 5) is 0. The number of para-hydroxylation sites is 1. The third-order valence-corrected chi connectivity index (χ3v) is 9.49. The van der Waals surface area contributed by atoms with Crippen molar-refractivity contribution >= 4 is 21.9 Å². The molecule has 7 aromatic rings. The molecule has 0 radical (unpaired) electrons. The highest BCUT2D eigenvalue weighted by atomic mass is 16.3. The number of furan rings is 1. The lowest BCUT2D eigenvalue weighted by atomic mass is 9.70. The van der Waals surface area contributed by atoms with Crippen molar-refractivity contribution in [3.8, 4) is 33.4 Å². The van der Waals surface area contributed by atoms with Crippen molar-refractivity contribution in [1.29, 1.82) is 0 Å². The third-order valence-electron chi connectivity index (χ3n) is 9.49. The first-order valence-corrected chi connectivity index (χ1v) is 14.5. The first-order valence-electron chi connectivity index (χ1n) is 14.5. The zero-order chi connectivity index (χ0) is 27.3. The van der Waals surface area contributed by atoms with E-state index < -0.39 is 0 Å². The zero-order valence-corrected chi connectivity index (χ0v) is 23.1. The number of rotatable bonds is 2. The fraction of sp³-hybridized carbons (Fsp3) is 0.100. The molecule has 194 valence electrons. The molecule has 41 heavy (non-hydrogen) atoms. The summed E-state index contributed by atoms with van der Waals surface area (Å²) in [5.41, 5.74) is 16.2. The molecule has 0 fully saturated rings. The molecular weight excluding hydrogens is 496 g/mol. The first kappa shape index (κ1) is 22.9. The maximum absolute atomic E-state index is 6.28. The summed E-state index contributed by atoms with van der Waals surface area (Å²) in [6.07, 6.45) is 0. The van der Waals surface area contributed by atoms with E-state index in [2.05, 4.69) is 129 Å². The molecular formula is C40H28O. The molecule has 0 bridgehead atoms. The second kappa shape index (κ2) is 8.08.